The van der Waals surface area contributed by atoms with Crippen molar-refractivity contribution in [2.45, 2.75) is 18.6 Å². The largest absolute Gasteiger partial charge is 0.416 e. The van der Waals surface area contributed by atoms with Gasteiger partial charge in [-0.05, 0) is 30.7 Å². The summed E-state index contributed by atoms with van der Waals surface area (Å²) in [5.41, 5.74) is 0.225. The van der Waals surface area contributed by atoms with Crippen LogP contribution >= 0.6 is 0 Å². The zero-order valence-electron chi connectivity index (χ0n) is 21.4. The number of piperazine rings is 1. The summed E-state index contributed by atoms with van der Waals surface area (Å²) < 4.78 is 78.1. The molecule has 2 fully saturated rings. The van der Waals surface area contributed by atoms with Crippen molar-refractivity contribution >= 4 is 16.1 Å². The van der Waals surface area contributed by atoms with Gasteiger partial charge in [-0.15, -0.1) is 0 Å². The predicted molar refractivity (Wildman–Crippen MR) is 135 cm³/mol. The van der Waals surface area contributed by atoms with E-state index < -0.39 is 27.6 Å². The standard InChI is InChI=1S/C26H32F4N4O3S/c1-31(15-20-8-9-22(14-24(20)27)26(28,29)30)16-21-17-33(18-23(21)19-6-4-3-5-7-19)25(35)32-10-12-34(13-11-32)38(2,36)37/h3-9,14,21,23H,10-13,15-18H2,1-2H3/t21?,23-/m1/s1. The van der Waals surface area contributed by atoms with Gasteiger partial charge in [0, 0.05) is 63.8 Å². The molecular formula is C26H32F4N4O3S. The van der Waals surface area contributed by atoms with Crippen LogP contribution in [0.1, 0.15) is 22.6 Å². The summed E-state index contributed by atoms with van der Waals surface area (Å²) in [5.74, 6) is -0.860. The molecule has 38 heavy (non-hydrogen) atoms. The minimum Gasteiger partial charge on any atom is -0.324 e. The first-order valence-corrected chi connectivity index (χ1v) is 14.3. The van der Waals surface area contributed by atoms with Gasteiger partial charge in [-0.1, -0.05) is 36.4 Å². The number of nitrogens with zero attached hydrogens (tertiary/aromatic N) is 4. The normalized spacial score (nSPS) is 21.3. The molecule has 0 spiro atoms. The number of benzene rings is 2. The Hall–Kier alpha value is -2.70. The average molecular weight is 557 g/mol. The van der Waals surface area contributed by atoms with Crippen molar-refractivity contribution in [2.75, 3.05) is 59.1 Å². The van der Waals surface area contributed by atoms with Gasteiger partial charge in [0.15, 0.2) is 0 Å². The van der Waals surface area contributed by atoms with Gasteiger partial charge >= 0.3 is 12.2 Å². The quantitative estimate of drug-likeness (QED) is 0.510. The molecule has 2 aliphatic heterocycles. The first-order valence-electron chi connectivity index (χ1n) is 12.4. The molecular weight excluding hydrogens is 524 g/mol. The maximum absolute atomic E-state index is 14.4. The van der Waals surface area contributed by atoms with E-state index in [0.29, 0.717) is 38.8 Å². The second-order valence-electron chi connectivity index (χ2n) is 10.1. The van der Waals surface area contributed by atoms with Crippen molar-refractivity contribution in [2.24, 2.45) is 5.92 Å². The monoisotopic (exact) mass is 556 g/mol. The number of halogens is 4. The summed E-state index contributed by atoms with van der Waals surface area (Å²) in [6.45, 7) is 2.73. The van der Waals surface area contributed by atoms with Crippen LogP contribution in [0.25, 0.3) is 0 Å². The van der Waals surface area contributed by atoms with Crippen molar-refractivity contribution in [3.63, 3.8) is 0 Å². The number of hydrogen-bond acceptors (Lipinski definition) is 4. The molecule has 0 radical (unpaired) electrons. The number of alkyl halides is 3. The van der Waals surface area contributed by atoms with Gasteiger partial charge in [0.25, 0.3) is 0 Å². The average Bonchev–Trinajstić information content (AvgIpc) is 3.27. The van der Waals surface area contributed by atoms with Crippen LogP contribution in [0.3, 0.4) is 0 Å². The second kappa shape index (κ2) is 11.2. The molecule has 0 aliphatic carbocycles. The molecule has 2 atom stereocenters. The summed E-state index contributed by atoms with van der Waals surface area (Å²) in [6, 6.07) is 12.2. The zero-order valence-corrected chi connectivity index (χ0v) is 22.2. The minimum absolute atomic E-state index is 0.0150. The molecule has 1 unspecified atom stereocenters. The number of sulfonamides is 1. The van der Waals surface area contributed by atoms with Crippen LogP contribution in [0.2, 0.25) is 0 Å². The Morgan fingerprint density at radius 3 is 2.24 bits per heavy atom. The van der Waals surface area contributed by atoms with Crippen LogP contribution in [0.5, 0.6) is 0 Å². The summed E-state index contributed by atoms with van der Waals surface area (Å²) in [5, 5.41) is 0. The molecule has 12 heteroatoms. The Balaban J connectivity index is 1.44. The number of rotatable bonds is 6. The molecule has 4 rings (SSSR count). The van der Waals surface area contributed by atoms with E-state index in [9.17, 15) is 30.8 Å². The maximum atomic E-state index is 14.4. The number of likely N-dealkylation sites (tertiary alicyclic amines) is 1. The van der Waals surface area contributed by atoms with Crippen LogP contribution in [0.15, 0.2) is 48.5 Å². The minimum atomic E-state index is -4.61. The van der Waals surface area contributed by atoms with Gasteiger partial charge in [-0.25, -0.2) is 17.6 Å². The summed E-state index contributed by atoms with van der Waals surface area (Å²) >= 11 is 0. The smallest absolute Gasteiger partial charge is 0.324 e. The van der Waals surface area contributed by atoms with E-state index in [-0.39, 0.29) is 43.1 Å². The molecule has 0 saturated carbocycles. The van der Waals surface area contributed by atoms with E-state index in [1.54, 1.807) is 16.8 Å². The molecule has 2 heterocycles. The van der Waals surface area contributed by atoms with E-state index >= 15 is 0 Å². The van der Waals surface area contributed by atoms with Crippen LogP contribution in [-0.4, -0.2) is 92.6 Å². The van der Waals surface area contributed by atoms with Crippen molar-refractivity contribution in [3.05, 3.63) is 71.0 Å². The molecule has 0 bridgehead atoms. The van der Waals surface area contributed by atoms with Crippen molar-refractivity contribution < 1.29 is 30.8 Å². The lowest BCUT2D eigenvalue weighted by Crippen LogP contribution is -2.53. The summed E-state index contributed by atoms with van der Waals surface area (Å²) in [6.07, 6.45) is -3.45. The molecule has 2 saturated heterocycles. The zero-order chi connectivity index (χ0) is 27.7. The van der Waals surface area contributed by atoms with Crippen LogP contribution in [-0.2, 0) is 22.7 Å². The maximum Gasteiger partial charge on any atom is 0.416 e. The van der Waals surface area contributed by atoms with E-state index in [2.05, 4.69) is 0 Å². The molecule has 208 valence electrons. The number of carbonyl (C=O) groups excluding carboxylic acids is 1. The Bertz CT molecular complexity index is 1230. The topological polar surface area (TPSA) is 64.2 Å². The van der Waals surface area contributed by atoms with Crippen molar-refractivity contribution in [1.82, 2.24) is 19.0 Å². The molecule has 0 aromatic heterocycles. The number of amides is 2. The molecule has 2 aromatic carbocycles. The lowest BCUT2D eigenvalue weighted by atomic mass is 9.88. The summed E-state index contributed by atoms with van der Waals surface area (Å²) in [7, 11) is -1.52. The molecule has 7 nitrogen and oxygen atoms in total. The van der Waals surface area contributed by atoms with Gasteiger partial charge in [0.2, 0.25) is 10.0 Å². The Kier molecular flexibility index (Phi) is 8.34. The van der Waals surface area contributed by atoms with Gasteiger partial charge in [-0.3, -0.25) is 0 Å². The van der Waals surface area contributed by atoms with Crippen molar-refractivity contribution in [3.8, 4) is 0 Å². The SMILES string of the molecule is CN(Cc1ccc(C(F)(F)F)cc1F)CC1CN(C(=O)N2CCN(S(C)(=O)=O)CC2)C[C@@H]1c1ccccc1. The first kappa shape index (κ1) is 28.3. The highest BCUT2D eigenvalue weighted by Crippen LogP contribution is 2.35. The van der Waals surface area contributed by atoms with Gasteiger partial charge < -0.3 is 14.7 Å². The van der Waals surface area contributed by atoms with E-state index in [4.69, 9.17) is 0 Å². The highest BCUT2D eigenvalue weighted by Gasteiger charge is 2.39. The number of hydrogen-bond donors (Lipinski definition) is 0. The van der Waals surface area contributed by atoms with E-state index in [0.717, 1.165) is 17.9 Å². The molecule has 0 N–H and O–H groups in total. The highest BCUT2D eigenvalue weighted by molar-refractivity contribution is 7.88. The highest BCUT2D eigenvalue weighted by atomic mass is 32.2. The lowest BCUT2D eigenvalue weighted by molar-refractivity contribution is -0.137. The van der Waals surface area contributed by atoms with Crippen LogP contribution in [0, 0.1) is 11.7 Å². The number of carbonyl (C=O) groups is 1. The molecule has 2 aromatic rings. The number of urea groups is 1. The fourth-order valence-electron chi connectivity index (χ4n) is 5.31. The first-order chi connectivity index (χ1) is 17.8. The van der Waals surface area contributed by atoms with Crippen LogP contribution < -0.4 is 0 Å². The molecule has 2 aliphatic rings. The third-order valence-corrected chi connectivity index (χ3v) is 8.59. The van der Waals surface area contributed by atoms with Crippen LogP contribution in [0.4, 0.5) is 22.4 Å². The summed E-state index contributed by atoms with van der Waals surface area (Å²) in [4.78, 5) is 18.7. The Labute approximate surface area is 220 Å². The third kappa shape index (κ3) is 6.65. The fourth-order valence-corrected chi connectivity index (χ4v) is 6.14. The molecule has 2 amide bonds. The lowest BCUT2D eigenvalue weighted by Gasteiger charge is -2.35. The fraction of sp³-hybridized carbons (Fsp3) is 0.500. The van der Waals surface area contributed by atoms with Gasteiger partial charge in [-0.2, -0.15) is 17.5 Å². The second-order valence-corrected chi connectivity index (χ2v) is 12.1. The van der Waals surface area contributed by atoms with Gasteiger partial charge in [0.05, 0.1) is 11.8 Å². The van der Waals surface area contributed by atoms with Gasteiger partial charge in [0.1, 0.15) is 5.82 Å². The third-order valence-electron chi connectivity index (χ3n) is 7.28. The van der Waals surface area contributed by atoms with E-state index in [1.807, 2.05) is 35.2 Å². The Morgan fingerprint density at radius 1 is 1.00 bits per heavy atom. The Morgan fingerprint density at radius 2 is 1.66 bits per heavy atom. The van der Waals surface area contributed by atoms with Crippen molar-refractivity contribution in [1.29, 1.82) is 0 Å². The van der Waals surface area contributed by atoms with E-state index in [1.165, 1.54) is 10.4 Å². The predicted octanol–water partition coefficient (Wildman–Crippen LogP) is 3.69.